The first kappa shape index (κ1) is 15.5. The topological polar surface area (TPSA) is 76.2 Å². The molecule has 5 heteroatoms. The van der Waals surface area contributed by atoms with Gasteiger partial charge in [0.1, 0.15) is 6.04 Å². The number of hydrogen-bond acceptors (Lipinski definition) is 4. The Hall–Kier alpha value is -1.59. The minimum absolute atomic E-state index is 0.552. The van der Waals surface area contributed by atoms with Gasteiger partial charge in [-0.15, -0.1) is 0 Å². The summed E-state index contributed by atoms with van der Waals surface area (Å²) in [6, 6.07) is 11.4. The molecule has 1 atom stereocenters. The molecule has 0 fully saturated rings. The molecule has 1 heterocycles. The van der Waals surface area contributed by atoms with Gasteiger partial charge < -0.3 is 10.8 Å². The SMILES string of the molecule is CSCCC(N)C(=O)O.c1ccc2ncccc2c1. The van der Waals surface area contributed by atoms with Crippen molar-refractivity contribution >= 4 is 28.6 Å². The predicted octanol–water partition coefficient (Wildman–Crippen LogP) is 2.39. The van der Waals surface area contributed by atoms with Crippen LogP contribution in [-0.4, -0.2) is 34.1 Å². The van der Waals surface area contributed by atoms with E-state index < -0.39 is 12.0 Å². The number of para-hydroxylation sites is 1. The number of carboxylic acids is 1. The minimum atomic E-state index is -0.913. The Bertz CT molecular complexity index is 454. The smallest absolute Gasteiger partial charge is 0.320 e. The lowest BCUT2D eigenvalue weighted by atomic mass is 10.2. The summed E-state index contributed by atoms with van der Waals surface area (Å²) in [5, 5.41) is 9.47. The van der Waals surface area contributed by atoms with Crippen molar-refractivity contribution in [2.45, 2.75) is 12.5 Å². The fraction of sp³-hybridized carbons (Fsp3) is 0.286. The molecule has 102 valence electrons. The van der Waals surface area contributed by atoms with Crippen molar-refractivity contribution in [3.05, 3.63) is 42.6 Å². The maximum atomic E-state index is 10.1. The zero-order valence-electron chi connectivity index (χ0n) is 10.8. The fourth-order valence-electron chi connectivity index (χ4n) is 1.38. The number of carboxylic acid groups (broad SMARTS) is 1. The summed E-state index contributed by atoms with van der Waals surface area (Å²) >= 11 is 1.60. The maximum absolute atomic E-state index is 10.1. The number of hydrogen-bond donors (Lipinski definition) is 2. The molecule has 0 amide bonds. The van der Waals surface area contributed by atoms with E-state index in [2.05, 4.69) is 17.1 Å². The maximum Gasteiger partial charge on any atom is 0.320 e. The highest BCUT2D eigenvalue weighted by Gasteiger charge is 2.08. The fourth-order valence-corrected chi connectivity index (χ4v) is 1.87. The quantitative estimate of drug-likeness (QED) is 0.898. The molecule has 0 spiro atoms. The number of nitrogens with zero attached hydrogens (tertiary/aromatic N) is 1. The van der Waals surface area contributed by atoms with Crippen LogP contribution in [0.3, 0.4) is 0 Å². The van der Waals surface area contributed by atoms with Gasteiger partial charge in [-0.2, -0.15) is 11.8 Å². The van der Waals surface area contributed by atoms with Crippen molar-refractivity contribution in [3.63, 3.8) is 0 Å². The zero-order valence-corrected chi connectivity index (χ0v) is 11.6. The number of nitrogens with two attached hydrogens (primary N) is 1. The van der Waals surface area contributed by atoms with Crippen molar-refractivity contribution in [1.29, 1.82) is 0 Å². The third-order valence-corrected chi connectivity index (χ3v) is 3.11. The van der Waals surface area contributed by atoms with Crippen LogP contribution in [0.1, 0.15) is 6.42 Å². The van der Waals surface area contributed by atoms with Gasteiger partial charge >= 0.3 is 5.97 Å². The molecule has 0 saturated heterocycles. The van der Waals surface area contributed by atoms with Crippen LogP contribution in [0.4, 0.5) is 0 Å². The second-order valence-corrected chi connectivity index (χ2v) is 4.91. The van der Waals surface area contributed by atoms with Crippen molar-refractivity contribution in [3.8, 4) is 0 Å². The molecule has 2 rings (SSSR count). The lowest BCUT2D eigenvalue weighted by molar-refractivity contribution is -0.138. The van der Waals surface area contributed by atoms with E-state index in [-0.39, 0.29) is 0 Å². The van der Waals surface area contributed by atoms with Crippen molar-refractivity contribution in [1.82, 2.24) is 4.98 Å². The predicted molar refractivity (Wildman–Crippen MR) is 80.4 cm³/mol. The van der Waals surface area contributed by atoms with E-state index in [9.17, 15) is 4.79 Å². The summed E-state index contributed by atoms with van der Waals surface area (Å²) < 4.78 is 0. The molecule has 0 aliphatic heterocycles. The summed E-state index contributed by atoms with van der Waals surface area (Å²) in [5.41, 5.74) is 6.25. The Morgan fingerprint density at radius 3 is 2.68 bits per heavy atom. The van der Waals surface area contributed by atoms with Crippen LogP contribution < -0.4 is 5.73 Å². The number of carbonyl (C=O) groups is 1. The standard InChI is InChI=1S/C9H7N.C5H11NO2S/c1-2-6-9-8(4-1)5-3-7-10-9;1-9-3-2-4(6)5(7)8/h1-7H;4H,2-3,6H2,1H3,(H,7,8). The van der Waals surface area contributed by atoms with Gasteiger partial charge in [-0.05, 0) is 30.6 Å². The Kier molecular flexibility index (Phi) is 6.92. The van der Waals surface area contributed by atoms with E-state index >= 15 is 0 Å². The van der Waals surface area contributed by atoms with Gasteiger partial charge in [-0.3, -0.25) is 9.78 Å². The Morgan fingerprint density at radius 2 is 2.05 bits per heavy atom. The summed E-state index contributed by atoms with van der Waals surface area (Å²) in [6.07, 6.45) is 4.29. The van der Waals surface area contributed by atoms with Crippen LogP contribution in [0.5, 0.6) is 0 Å². The molecule has 4 nitrogen and oxygen atoms in total. The first-order valence-corrected chi connectivity index (χ1v) is 7.31. The molecule has 0 bridgehead atoms. The highest BCUT2D eigenvalue weighted by molar-refractivity contribution is 7.98. The van der Waals surface area contributed by atoms with Gasteiger partial charge in [0.15, 0.2) is 0 Å². The molecule has 0 saturated carbocycles. The van der Waals surface area contributed by atoms with E-state index in [0.717, 1.165) is 11.3 Å². The molecule has 1 aromatic carbocycles. The third-order valence-electron chi connectivity index (χ3n) is 2.46. The molecule has 0 aliphatic rings. The first-order valence-electron chi connectivity index (χ1n) is 5.92. The van der Waals surface area contributed by atoms with Gasteiger partial charge in [0.2, 0.25) is 0 Å². The number of rotatable bonds is 4. The normalized spacial score (nSPS) is 11.5. The highest BCUT2D eigenvalue weighted by atomic mass is 32.2. The number of fused-ring (bicyclic) bond motifs is 1. The number of aliphatic carboxylic acids is 1. The van der Waals surface area contributed by atoms with Crippen LogP contribution >= 0.6 is 11.8 Å². The van der Waals surface area contributed by atoms with E-state index in [4.69, 9.17) is 10.8 Å². The largest absolute Gasteiger partial charge is 0.480 e. The number of aromatic nitrogens is 1. The molecule has 0 radical (unpaired) electrons. The van der Waals surface area contributed by atoms with Crippen LogP contribution in [0, 0.1) is 0 Å². The van der Waals surface area contributed by atoms with Gasteiger partial charge in [0.25, 0.3) is 0 Å². The lowest BCUT2D eigenvalue weighted by Crippen LogP contribution is -2.30. The van der Waals surface area contributed by atoms with Crippen LogP contribution in [0.2, 0.25) is 0 Å². The second-order valence-electron chi connectivity index (χ2n) is 3.92. The number of benzene rings is 1. The van der Waals surface area contributed by atoms with Crippen molar-refractivity contribution in [2.24, 2.45) is 5.73 Å². The van der Waals surface area contributed by atoms with Crippen LogP contribution in [0.25, 0.3) is 10.9 Å². The molecule has 19 heavy (non-hydrogen) atoms. The molecular formula is C14H18N2O2S. The molecule has 2 aromatic rings. The third kappa shape index (κ3) is 5.72. The van der Waals surface area contributed by atoms with Crippen molar-refractivity contribution in [2.75, 3.05) is 12.0 Å². The van der Waals surface area contributed by atoms with Gasteiger partial charge in [-0.1, -0.05) is 24.3 Å². The first-order chi connectivity index (χ1) is 9.15. The van der Waals surface area contributed by atoms with E-state index in [1.54, 1.807) is 11.8 Å². The Morgan fingerprint density at radius 1 is 1.37 bits per heavy atom. The molecule has 1 unspecified atom stereocenters. The Labute approximate surface area is 117 Å². The van der Waals surface area contributed by atoms with E-state index in [1.165, 1.54) is 5.39 Å². The monoisotopic (exact) mass is 278 g/mol. The summed E-state index contributed by atoms with van der Waals surface area (Å²) in [5.74, 6) is -0.1000. The molecule has 1 aromatic heterocycles. The van der Waals surface area contributed by atoms with E-state index in [1.807, 2.05) is 36.7 Å². The number of pyridine rings is 1. The summed E-state index contributed by atoms with van der Waals surface area (Å²) in [7, 11) is 0. The van der Waals surface area contributed by atoms with Crippen LogP contribution in [0.15, 0.2) is 42.6 Å². The summed E-state index contributed by atoms with van der Waals surface area (Å²) in [4.78, 5) is 14.3. The lowest BCUT2D eigenvalue weighted by Gasteiger charge is -2.02. The molecular weight excluding hydrogens is 260 g/mol. The average molecular weight is 278 g/mol. The van der Waals surface area contributed by atoms with E-state index in [0.29, 0.717) is 6.42 Å². The molecule has 3 N–H and O–H groups in total. The van der Waals surface area contributed by atoms with Gasteiger partial charge in [-0.25, -0.2) is 0 Å². The second kappa shape index (κ2) is 8.50. The summed E-state index contributed by atoms with van der Waals surface area (Å²) in [6.45, 7) is 0. The van der Waals surface area contributed by atoms with Crippen molar-refractivity contribution < 1.29 is 9.90 Å². The number of thioether (sulfide) groups is 1. The highest BCUT2D eigenvalue weighted by Crippen LogP contribution is 2.07. The Balaban J connectivity index is 0.000000192. The van der Waals surface area contributed by atoms with Crippen LogP contribution in [-0.2, 0) is 4.79 Å². The minimum Gasteiger partial charge on any atom is -0.480 e. The average Bonchev–Trinajstić information content (AvgIpc) is 2.45. The van der Waals surface area contributed by atoms with Gasteiger partial charge in [0.05, 0.1) is 5.52 Å². The van der Waals surface area contributed by atoms with Gasteiger partial charge in [0, 0.05) is 11.6 Å². The zero-order chi connectivity index (χ0) is 14.1. The molecule has 0 aliphatic carbocycles.